The average molecular weight is 350 g/mol. The number of thiol groups is 1. The first-order valence-electron chi connectivity index (χ1n) is 6.43. The van der Waals surface area contributed by atoms with Crippen molar-refractivity contribution in [1.82, 2.24) is 4.90 Å². The molecule has 2 nitrogen and oxygen atoms in total. The number of hydrogen-bond acceptors (Lipinski definition) is 2. The van der Waals surface area contributed by atoms with Crippen LogP contribution in [0.1, 0.15) is 22.8 Å². The SMILES string of the molecule is CCN(Cc1ccccc1)C(=O)c1cc(S)ccc1Br. The van der Waals surface area contributed by atoms with Gasteiger partial charge in [0.1, 0.15) is 0 Å². The summed E-state index contributed by atoms with van der Waals surface area (Å²) in [5.74, 6) is 0.0131. The molecule has 0 saturated carbocycles. The number of halogens is 1. The number of benzene rings is 2. The van der Waals surface area contributed by atoms with Gasteiger partial charge >= 0.3 is 0 Å². The van der Waals surface area contributed by atoms with E-state index in [1.54, 1.807) is 6.07 Å². The first-order valence-corrected chi connectivity index (χ1v) is 7.67. The molecule has 0 aliphatic carbocycles. The molecular formula is C16H16BrNOS. The number of carbonyl (C=O) groups is 1. The minimum absolute atomic E-state index is 0.0131. The van der Waals surface area contributed by atoms with Gasteiger partial charge in [0.15, 0.2) is 0 Å². The first kappa shape index (κ1) is 15.1. The third-order valence-corrected chi connectivity index (χ3v) is 4.04. The average Bonchev–Trinajstić information content (AvgIpc) is 2.47. The zero-order valence-electron chi connectivity index (χ0n) is 11.2. The van der Waals surface area contributed by atoms with Gasteiger partial charge < -0.3 is 4.90 Å². The highest BCUT2D eigenvalue weighted by Gasteiger charge is 2.17. The van der Waals surface area contributed by atoms with Crippen LogP contribution in [0.5, 0.6) is 0 Å². The molecule has 0 bridgehead atoms. The van der Waals surface area contributed by atoms with E-state index >= 15 is 0 Å². The summed E-state index contributed by atoms with van der Waals surface area (Å²) in [5, 5.41) is 0. The summed E-state index contributed by atoms with van der Waals surface area (Å²) in [6, 6.07) is 15.5. The molecule has 0 radical (unpaired) electrons. The van der Waals surface area contributed by atoms with Gasteiger partial charge in [0, 0.05) is 22.5 Å². The molecule has 0 aliphatic rings. The molecule has 0 heterocycles. The number of hydrogen-bond donors (Lipinski definition) is 1. The van der Waals surface area contributed by atoms with Crippen LogP contribution in [0, 0.1) is 0 Å². The zero-order valence-corrected chi connectivity index (χ0v) is 13.7. The highest BCUT2D eigenvalue weighted by atomic mass is 79.9. The monoisotopic (exact) mass is 349 g/mol. The summed E-state index contributed by atoms with van der Waals surface area (Å²) in [5.41, 5.74) is 1.77. The molecule has 0 fully saturated rings. The highest BCUT2D eigenvalue weighted by Crippen LogP contribution is 2.22. The smallest absolute Gasteiger partial charge is 0.255 e. The first-order chi connectivity index (χ1) is 9.61. The van der Waals surface area contributed by atoms with Crippen molar-refractivity contribution >= 4 is 34.5 Å². The fraction of sp³-hybridized carbons (Fsp3) is 0.188. The summed E-state index contributed by atoms with van der Waals surface area (Å²) in [4.78, 5) is 15.2. The molecule has 104 valence electrons. The fourth-order valence-electron chi connectivity index (χ4n) is 1.98. The van der Waals surface area contributed by atoms with Crippen LogP contribution in [0.2, 0.25) is 0 Å². The molecule has 0 spiro atoms. The second kappa shape index (κ2) is 6.95. The van der Waals surface area contributed by atoms with Crippen LogP contribution in [-0.2, 0) is 6.54 Å². The van der Waals surface area contributed by atoms with Gasteiger partial charge in [0.2, 0.25) is 0 Å². The molecule has 1 amide bonds. The van der Waals surface area contributed by atoms with E-state index in [4.69, 9.17) is 0 Å². The third-order valence-electron chi connectivity index (χ3n) is 3.07. The van der Waals surface area contributed by atoms with Gasteiger partial charge in [-0.25, -0.2) is 0 Å². The molecule has 0 N–H and O–H groups in total. The second-order valence-electron chi connectivity index (χ2n) is 4.47. The van der Waals surface area contributed by atoms with Crippen molar-refractivity contribution in [1.29, 1.82) is 0 Å². The molecular weight excluding hydrogens is 334 g/mol. The summed E-state index contributed by atoms with van der Waals surface area (Å²) in [7, 11) is 0. The van der Waals surface area contributed by atoms with Crippen LogP contribution in [0.15, 0.2) is 57.9 Å². The van der Waals surface area contributed by atoms with Crippen molar-refractivity contribution in [2.45, 2.75) is 18.4 Å². The summed E-state index contributed by atoms with van der Waals surface area (Å²) < 4.78 is 0.798. The maximum atomic E-state index is 12.6. The Labute approximate surface area is 133 Å². The van der Waals surface area contributed by atoms with Crippen LogP contribution in [0.4, 0.5) is 0 Å². The molecule has 4 heteroatoms. The van der Waals surface area contributed by atoms with Crippen molar-refractivity contribution in [2.24, 2.45) is 0 Å². The molecule has 0 saturated heterocycles. The predicted octanol–water partition coefficient (Wildman–Crippen LogP) is 4.40. The van der Waals surface area contributed by atoms with Crippen molar-refractivity contribution < 1.29 is 4.79 Å². The largest absolute Gasteiger partial charge is 0.335 e. The minimum atomic E-state index is 0.0131. The van der Waals surface area contributed by atoms with Crippen LogP contribution in [0.3, 0.4) is 0 Å². The van der Waals surface area contributed by atoms with Crippen molar-refractivity contribution in [2.75, 3.05) is 6.54 Å². The van der Waals surface area contributed by atoms with E-state index in [-0.39, 0.29) is 5.91 Å². The maximum Gasteiger partial charge on any atom is 0.255 e. The lowest BCUT2D eigenvalue weighted by molar-refractivity contribution is 0.0751. The molecule has 0 unspecified atom stereocenters. The third kappa shape index (κ3) is 3.64. The normalized spacial score (nSPS) is 10.3. The number of amides is 1. The lowest BCUT2D eigenvalue weighted by Gasteiger charge is -2.22. The lowest BCUT2D eigenvalue weighted by atomic mass is 10.1. The van der Waals surface area contributed by atoms with Gasteiger partial charge in [0.05, 0.1) is 5.56 Å². The Morgan fingerprint density at radius 2 is 1.90 bits per heavy atom. The summed E-state index contributed by atoms with van der Waals surface area (Å²) in [6.07, 6.45) is 0. The van der Waals surface area contributed by atoms with E-state index in [2.05, 4.69) is 28.6 Å². The van der Waals surface area contributed by atoms with E-state index in [9.17, 15) is 4.79 Å². The minimum Gasteiger partial charge on any atom is -0.335 e. The Morgan fingerprint density at radius 3 is 2.55 bits per heavy atom. The molecule has 2 aromatic rings. The van der Waals surface area contributed by atoms with E-state index < -0.39 is 0 Å². The maximum absolute atomic E-state index is 12.6. The van der Waals surface area contributed by atoms with Gasteiger partial charge in [-0.2, -0.15) is 0 Å². The quantitative estimate of drug-likeness (QED) is 0.811. The van der Waals surface area contributed by atoms with Gasteiger partial charge in [-0.05, 0) is 46.6 Å². The number of rotatable bonds is 4. The lowest BCUT2D eigenvalue weighted by Crippen LogP contribution is -2.30. The molecule has 0 aromatic heterocycles. The molecule has 2 aromatic carbocycles. The topological polar surface area (TPSA) is 20.3 Å². The summed E-state index contributed by atoms with van der Waals surface area (Å²) >= 11 is 7.73. The van der Waals surface area contributed by atoms with Gasteiger partial charge in [-0.15, -0.1) is 12.6 Å². The molecule has 0 aliphatic heterocycles. The Bertz CT molecular complexity index is 601. The Kier molecular flexibility index (Phi) is 5.26. The Balaban J connectivity index is 2.23. The second-order valence-corrected chi connectivity index (χ2v) is 5.84. The molecule has 0 atom stereocenters. The van der Waals surface area contributed by atoms with Gasteiger partial charge in [-0.3, -0.25) is 4.79 Å². The van der Waals surface area contributed by atoms with Gasteiger partial charge in [-0.1, -0.05) is 30.3 Å². The Morgan fingerprint density at radius 1 is 1.20 bits per heavy atom. The number of nitrogens with zero attached hydrogens (tertiary/aromatic N) is 1. The summed E-state index contributed by atoms with van der Waals surface area (Å²) in [6.45, 7) is 3.26. The van der Waals surface area contributed by atoms with Gasteiger partial charge in [0.25, 0.3) is 5.91 Å². The fourth-order valence-corrected chi connectivity index (χ4v) is 2.60. The van der Waals surface area contributed by atoms with Crippen molar-refractivity contribution in [3.05, 3.63) is 64.1 Å². The van der Waals surface area contributed by atoms with Crippen molar-refractivity contribution in [3.8, 4) is 0 Å². The van der Waals surface area contributed by atoms with Crippen LogP contribution in [-0.4, -0.2) is 17.4 Å². The van der Waals surface area contributed by atoms with Crippen molar-refractivity contribution in [3.63, 3.8) is 0 Å². The Hall–Kier alpha value is -1.26. The molecule has 20 heavy (non-hydrogen) atoms. The number of carbonyl (C=O) groups excluding carboxylic acids is 1. The van der Waals surface area contributed by atoms with E-state index in [1.165, 1.54) is 0 Å². The van der Waals surface area contributed by atoms with E-state index in [0.29, 0.717) is 18.7 Å². The van der Waals surface area contributed by atoms with Crippen LogP contribution >= 0.6 is 28.6 Å². The highest BCUT2D eigenvalue weighted by molar-refractivity contribution is 9.10. The standard InChI is InChI=1S/C16H16BrNOS/c1-2-18(11-12-6-4-3-5-7-12)16(19)14-10-13(20)8-9-15(14)17/h3-10,20H,2,11H2,1H3. The van der Waals surface area contributed by atoms with E-state index in [1.807, 2.05) is 54.3 Å². The van der Waals surface area contributed by atoms with E-state index in [0.717, 1.165) is 14.9 Å². The zero-order chi connectivity index (χ0) is 14.5. The van der Waals surface area contributed by atoms with Crippen LogP contribution < -0.4 is 0 Å². The van der Waals surface area contributed by atoms with Crippen LogP contribution in [0.25, 0.3) is 0 Å². The predicted molar refractivity (Wildman–Crippen MR) is 88.3 cm³/mol. The molecule has 2 rings (SSSR count).